The van der Waals surface area contributed by atoms with Crippen molar-refractivity contribution >= 4 is 11.0 Å². The summed E-state index contributed by atoms with van der Waals surface area (Å²) in [4.78, 5) is 4.56. The average Bonchev–Trinajstić information content (AvgIpc) is 3.21. The summed E-state index contributed by atoms with van der Waals surface area (Å²) in [5, 5.41) is 12.6. The number of aromatic nitrogens is 5. The first-order valence-corrected chi connectivity index (χ1v) is 8.29. The Balaban J connectivity index is 1.73. The van der Waals surface area contributed by atoms with E-state index in [1.54, 1.807) is 0 Å². The number of rotatable bonds is 3. The van der Waals surface area contributed by atoms with Crippen molar-refractivity contribution in [1.82, 2.24) is 25.1 Å². The fourth-order valence-electron chi connectivity index (χ4n) is 2.97. The topological polar surface area (TPSA) is 69.6 Å². The van der Waals surface area contributed by atoms with Crippen LogP contribution in [0.4, 0.5) is 0 Å². The fraction of sp³-hybridized carbons (Fsp3) is 0.263. The molecule has 6 heteroatoms. The lowest BCUT2D eigenvalue weighted by Crippen LogP contribution is -2.02. The molecule has 126 valence electrons. The molecule has 0 aliphatic rings. The summed E-state index contributed by atoms with van der Waals surface area (Å²) in [5.74, 6) is 1.08. The van der Waals surface area contributed by atoms with Crippen LogP contribution in [0.5, 0.6) is 0 Å². The van der Waals surface area contributed by atoms with Gasteiger partial charge in [-0.05, 0) is 57.5 Å². The Hall–Kier alpha value is -3.02. The average molecular weight is 333 g/mol. The van der Waals surface area contributed by atoms with Crippen LogP contribution in [0.2, 0.25) is 0 Å². The van der Waals surface area contributed by atoms with Crippen molar-refractivity contribution in [3.63, 3.8) is 0 Å². The van der Waals surface area contributed by atoms with Crippen LogP contribution < -0.4 is 0 Å². The first-order valence-electron chi connectivity index (χ1n) is 8.29. The molecule has 4 aromatic rings. The van der Waals surface area contributed by atoms with Gasteiger partial charge in [-0.25, -0.2) is 4.68 Å². The van der Waals surface area contributed by atoms with E-state index in [0.717, 1.165) is 27.7 Å². The van der Waals surface area contributed by atoms with Crippen molar-refractivity contribution in [2.24, 2.45) is 0 Å². The number of fused-ring (bicyclic) bond motifs is 1. The maximum absolute atomic E-state index is 5.48. The molecule has 0 bridgehead atoms. The van der Waals surface area contributed by atoms with Gasteiger partial charge in [0.1, 0.15) is 5.52 Å². The van der Waals surface area contributed by atoms with Crippen LogP contribution in [0, 0.1) is 13.8 Å². The largest absolute Gasteiger partial charge is 0.334 e. The van der Waals surface area contributed by atoms with Crippen molar-refractivity contribution in [2.75, 3.05) is 0 Å². The highest BCUT2D eigenvalue weighted by atomic mass is 16.5. The molecule has 2 aromatic carbocycles. The number of nitrogens with zero attached hydrogens (tertiary/aromatic N) is 5. The molecule has 0 amide bonds. The molecule has 0 radical (unpaired) electrons. The summed E-state index contributed by atoms with van der Waals surface area (Å²) in [6.07, 6.45) is 0. The molecule has 25 heavy (non-hydrogen) atoms. The van der Waals surface area contributed by atoms with Gasteiger partial charge in [0.2, 0.25) is 5.82 Å². The molecule has 0 saturated carbocycles. The summed E-state index contributed by atoms with van der Waals surface area (Å²) in [6, 6.07) is 12.3. The summed E-state index contributed by atoms with van der Waals surface area (Å²) in [5.41, 5.74) is 5.96. The number of hydrogen-bond donors (Lipinski definition) is 0. The third-order valence-corrected chi connectivity index (χ3v) is 4.26. The third-order valence-electron chi connectivity index (χ3n) is 4.26. The third kappa shape index (κ3) is 2.69. The lowest BCUT2D eigenvalue weighted by molar-refractivity contribution is 0.432. The zero-order valence-corrected chi connectivity index (χ0v) is 14.7. The zero-order valence-electron chi connectivity index (χ0n) is 14.7. The van der Waals surface area contributed by atoms with Gasteiger partial charge in [-0.3, -0.25) is 0 Å². The lowest BCUT2D eigenvalue weighted by Gasteiger charge is -2.04. The minimum atomic E-state index is 0.261. The van der Waals surface area contributed by atoms with Gasteiger partial charge in [-0.2, -0.15) is 4.98 Å². The molecule has 0 aliphatic carbocycles. The molecular weight excluding hydrogens is 314 g/mol. The molecule has 2 aromatic heterocycles. The van der Waals surface area contributed by atoms with Crippen LogP contribution in [0.1, 0.15) is 31.0 Å². The second-order valence-electron chi connectivity index (χ2n) is 6.57. The van der Waals surface area contributed by atoms with Crippen LogP contribution in [-0.2, 0) is 0 Å². The van der Waals surface area contributed by atoms with Gasteiger partial charge in [0, 0.05) is 17.2 Å². The quantitative estimate of drug-likeness (QED) is 0.557. The minimum absolute atomic E-state index is 0.261. The summed E-state index contributed by atoms with van der Waals surface area (Å²) < 4.78 is 7.38. The van der Waals surface area contributed by atoms with Crippen molar-refractivity contribution in [1.29, 1.82) is 0 Å². The molecule has 0 unspecified atom stereocenters. The molecule has 0 aliphatic heterocycles. The Morgan fingerprint density at radius 2 is 1.88 bits per heavy atom. The van der Waals surface area contributed by atoms with Crippen molar-refractivity contribution < 1.29 is 4.52 Å². The van der Waals surface area contributed by atoms with Gasteiger partial charge in [0.05, 0.1) is 5.52 Å². The number of aryl methyl sites for hydroxylation is 2. The van der Waals surface area contributed by atoms with E-state index in [1.165, 1.54) is 5.56 Å². The smallest absolute Gasteiger partial charge is 0.258 e. The highest BCUT2D eigenvalue weighted by Gasteiger charge is 2.14. The van der Waals surface area contributed by atoms with Crippen LogP contribution in [0.15, 0.2) is 40.9 Å². The van der Waals surface area contributed by atoms with E-state index < -0.39 is 0 Å². The van der Waals surface area contributed by atoms with Gasteiger partial charge in [-0.1, -0.05) is 28.1 Å². The second-order valence-corrected chi connectivity index (χ2v) is 6.57. The van der Waals surface area contributed by atoms with Crippen molar-refractivity contribution in [2.45, 2.75) is 33.7 Å². The highest BCUT2D eigenvalue weighted by molar-refractivity contribution is 5.80. The first-order chi connectivity index (χ1) is 12.0. The van der Waals surface area contributed by atoms with Crippen molar-refractivity contribution in [3.8, 4) is 22.8 Å². The Bertz CT molecular complexity index is 1060. The van der Waals surface area contributed by atoms with E-state index in [4.69, 9.17) is 4.52 Å². The minimum Gasteiger partial charge on any atom is -0.334 e. The van der Waals surface area contributed by atoms with Gasteiger partial charge in [-0.15, -0.1) is 5.10 Å². The van der Waals surface area contributed by atoms with E-state index in [0.29, 0.717) is 11.7 Å². The molecule has 6 nitrogen and oxygen atoms in total. The molecule has 0 fully saturated rings. The van der Waals surface area contributed by atoms with Crippen LogP contribution >= 0.6 is 0 Å². The Morgan fingerprint density at radius 3 is 2.64 bits per heavy atom. The van der Waals surface area contributed by atoms with Crippen LogP contribution in [0.3, 0.4) is 0 Å². The molecule has 0 spiro atoms. The molecule has 2 heterocycles. The monoisotopic (exact) mass is 333 g/mol. The van der Waals surface area contributed by atoms with E-state index >= 15 is 0 Å². The second kappa shape index (κ2) is 5.81. The van der Waals surface area contributed by atoms with Gasteiger partial charge in [0.25, 0.3) is 5.89 Å². The van der Waals surface area contributed by atoms with Crippen LogP contribution in [-0.4, -0.2) is 25.1 Å². The first kappa shape index (κ1) is 15.5. The molecule has 0 saturated heterocycles. The van der Waals surface area contributed by atoms with Crippen molar-refractivity contribution in [3.05, 3.63) is 47.5 Å². The van der Waals surface area contributed by atoms with E-state index in [9.17, 15) is 0 Å². The summed E-state index contributed by atoms with van der Waals surface area (Å²) in [7, 11) is 0. The van der Waals surface area contributed by atoms with E-state index in [2.05, 4.69) is 47.3 Å². The maximum atomic E-state index is 5.48. The van der Waals surface area contributed by atoms with E-state index in [1.807, 2.05) is 41.9 Å². The fourth-order valence-corrected chi connectivity index (χ4v) is 2.97. The zero-order chi connectivity index (χ0) is 17.6. The molecule has 4 rings (SSSR count). The Labute approximate surface area is 145 Å². The standard InChI is InChI=1S/C19H19N5O/c1-11(2)24-17-8-6-14(10-16(17)21-23-24)18-20-19(25-22-18)15-7-5-12(3)9-13(15)4/h5-11H,1-4H3. The SMILES string of the molecule is Cc1ccc(-c2nc(-c3ccc4c(c3)nnn4C(C)C)no2)c(C)c1. The maximum Gasteiger partial charge on any atom is 0.258 e. The van der Waals surface area contributed by atoms with Crippen LogP contribution in [0.25, 0.3) is 33.9 Å². The van der Waals surface area contributed by atoms with Gasteiger partial charge >= 0.3 is 0 Å². The molecular formula is C19H19N5O. The molecule has 0 atom stereocenters. The highest BCUT2D eigenvalue weighted by Crippen LogP contribution is 2.27. The van der Waals surface area contributed by atoms with Gasteiger partial charge < -0.3 is 4.52 Å². The predicted octanol–water partition coefficient (Wildman–Crippen LogP) is 4.35. The summed E-state index contributed by atoms with van der Waals surface area (Å²) >= 11 is 0. The Morgan fingerprint density at radius 1 is 1.04 bits per heavy atom. The summed E-state index contributed by atoms with van der Waals surface area (Å²) in [6.45, 7) is 8.27. The molecule has 0 N–H and O–H groups in total. The Kier molecular flexibility index (Phi) is 3.60. The van der Waals surface area contributed by atoms with Gasteiger partial charge in [0.15, 0.2) is 0 Å². The van der Waals surface area contributed by atoms with E-state index in [-0.39, 0.29) is 6.04 Å². The number of benzene rings is 2. The normalized spacial score (nSPS) is 11.6. The lowest BCUT2D eigenvalue weighted by atomic mass is 10.1. The predicted molar refractivity (Wildman–Crippen MR) is 96.1 cm³/mol. The number of hydrogen-bond acceptors (Lipinski definition) is 5.